The third-order valence-electron chi connectivity index (χ3n) is 6.33. The number of hydrogen-bond acceptors (Lipinski definition) is 4. The fourth-order valence-corrected chi connectivity index (χ4v) is 6.11. The lowest BCUT2D eigenvalue weighted by molar-refractivity contribution is -0.141. The number of hydrogen-bond donors (Lipinski definition) is 1. The van der Waals surface area contributed by atoms with Gasteiger partial charge in [0.15, 0.2) is 0 Å². The van der Waals surface area contributed by atoms with Crippen LogP contribution in [0.4, 0.5) is 5.69 Å². The lowest BCUT2D eigenvalue weighted by Crippen LogP contribution is -2.55. The van der Waals surface area contributed by atoms with Gasteiger partial charge in [-0.05, 0) is 70.9 Å². The smallest absolute Gasteiger partial charge is 0.264 e. The molecule has 3 aromatic rings. The van der Waals surface area contributed by atoms with Crippen molar-refractivity contribution in [3.63, 3.8) is 0 Å². The molecule has 2 amide bonds. The summed E-state index contributed by atoms with van der Waals surface area (Å²) in [5.41, 5.74) is 2.42. The summed E-state index contributed by atoms with van der Waals surface area (Å²) >= 11 is 6.47. The number of halogens is 1. The van der Waals surface area contributed by atoms with Crippen LogP contribution in [-0.2, 0) is 26.2 Å². The molecule has 3 aromatic carbocycles. The van der Waals surface area contributed by atoms with E-state index in [-0.39, 0.29) is 28.1 Å². The number of nitrogens with one attached hydrogen (secondary N) is 1. The maximum absolute atomic E-state index is 14.1. The van der Waals surface area contributed by atoms with E-state index in [0.717, 1.165) is 21.0 Å². The van der Waals surface area contributed by atoms with E-state index in [0.29, 0.717) is 6.42 Å². The molecule has 0 aromatic heterocycles. The van der Waals surface area contributed by atoms with Crippen molar-refractivity contribution in [1.29, 1.82) is 0 Å². The first kappa shape index (κ1) is 31.2. The van der Waals surface area contributed by atoms with Crippen LogP contribution in [0.2, 0.25) is 5.02 Å². The van der Waals surface area contributed by atoms with E-state index in [1.165, 1.54) is 17.0 Å². The quantitative estimate of drug-likeness (QED) is 0.323. The van der Waals surface area contributed by atoms with Crippen LogP contribution in [0, 0.1) is 13.8 Å². The Morgan fingerprint density at radius 1 is 0.925 bits per heavy atom. The zero-order chi connectivity index (χ0) is 29.7. The molecule has 0 fully saturated rings. The zero-order valence-electron chi connectivity index (χ0n) is 23.9. The Morgan fingerprint density at radius 3 is 2.15 bits per heavy atom. The number of carbonyl (C=O) groups excluding carboxylic acids is 2. The summed E-state index contributed by atoms with van der Waals surface area (Å²) in [5.74, 6) is -0.824. The predicted octanol–water partition coefficient (Wildman–Crippen LogP) is 5.87. The number of amides is 2. The predicted molar refractivity (Wildman–Crippen MR) is 161 cm³/mol. The molecule has 0 aliphatic carbocycles. The average Bonchev–Trinajstić information content (AvgIpc) is 2.86. The topological polar surface area (TPSA) is 86.8 Å². The van der Waals surface area contributed by atoms with Crippen molar-refractivity contribution in [2.45, 2.75) is 71.0 Å². The van der Waals surface area contributed by atoms with Crippen LogP contribution < -0.4 is 9.62 Å². The Kier molecular flexibility index (Phi) is 10.0. The van der Waals surface area contributed by atoms with Gasteiger partial charge in [-0.1, -0.05) is 78.2 Å². The molecule has 0 aliphatic rings. The molecule has 0 aliphatic heterocycles. The summed E-state index contributed by atoms with van der Waals surface area (Å²) in [6.45, 7) is 10.9. The third-order valence-corrected chi connectivity index (χ3v) is 8.42. The van der Waals surface area contributed by atoms with Crippen LogP contribution in [-0.4, -0.2) is 43.3 Å². The van der Waals surface area contributed by atoms with Gasteiger partial charge in [-0.25, -0.2) is 8.42 Å². The van der Waals surface area contributed by atoms with E-state index in [1.807, 2.05) is 65.8 Å². The molecule has 214 valence electrons. The molecule has 1 atom stereocenters. The van der Waals surface area contributed by atoms with Gasteiger partial charge in [0.2, 0.25) is 11.8 Å². The third kappa shape index (κ3) is 7.86. The van der Waals surface area contributed by atoms with Gasteiger partial charge in [-0.2, -0.15) is 0 Å². The average molecular weight is 584 g/mol. The van der Waals surface area contributed by atoms with Crippen molar-refractivity contribution in [3.05, 3.63) is 94.5 Å². The number of carbonyl (C=O) groups is 2. The van der Waals surface area contributed by atoms with E-state index >= 15 is 0 Å². The molecule has 0 bridgehead atoms. The summed E-state index contributed by atoms with van der Waals surface area (Å²) in [4.78, 5) is 29.0. The SMILES string of the molecule is CC[C@H](C(=O)NC(C)(C)C)N(Cc1cccc(C)c1)C(=O)CN(c1ccccc1Cl)S(=O)(=O)c1ccc(C)cc1. The molecular weight excluding hydrogens is 546 g/mol. The second-order valence-corrected chi connectivity index (χ2v) is 13.2. The Hall–Kier alpha value is -3.36. The standard InChI is InChI=1S/C31H38ClN3O4S/c1-7-27(30(37)33-31(4,5)6)34(20-24-12-10-11-23(3)19-24)29(36)21-35(28-14-9-8-13-26(28)32)40(38,39)25-17-15-22(2)16-18-25/h8-19,27H,7,20-21H2,1-6H3,(H,33,37)/t27-/m1/s1. The normalized spacial score (nSPS) is 12.5. The van der Waals surface area contributed by atoms with Gasteiger partial charge in [-0.3, -0.25) is 13.9 Å². The summed E-state index contributed by atoms with van der Waals surface area (Å²) in [6.07, 6.45) is 0.344. The maximum Gasteiger partial charge on any atom is 0.264 e. The second-order valence-electron chi connectivity index (χ2n) is 11.0. The fraction of sp³-hybridized carbons (Fsp3) is 0.355. The van der Waals surface area contributed by atoms with E-state index in [1.54, 1.807) is 36.4 Å². The summed E-state index contributed by atoms with van der Waals surface area (Å²) < 4.78 is 28.9. The van der Waals surface area contributed by atoms with Crippen molar-refractivity contribution < 1.29 is 18.0 Å². The first-order valence-electron chi connectivity index (χ1n) is 13.2. The highest BCUT2D eigenvalue weighted by atomic mass is 35.5. The number of rotatable bonds is 10. The van der Waals surface area contributed by atoms with Crippen LogP contribution in [0.25, 0.3) is 0 Å². The fourth-order valence-electron chi connectivity index (χ4n) is 4.38. The molecule has 0 saturated carbocycles. The van der Waals surface area contributed by atoms with Crippen molar-refractivity contribution in [3.8, 4) is 0 Å². The Bertz CT molecular complexity index is 1450. The number of nitrogens with zero attached hydrogens (tertiary/aromatic N) is 2. The minimum Gasteiger partial charge on any atom is -0.350 e. The van der Waals surface area contributed by atoms with Crippen molar-refractivity contribution >= 4 is 39.1 Å². The zero-order valence-corrected chi connectivity index (χ0v) is 25.5. The number of anilines is 1. The molecule has 0 spiro atoms. The highest BCUT2D eigenvalue weighted by molar-refractivity contribution is 7.92. The van der Waals surface area contributed by atoms with Crippen molar-refractivity contribution in [1.82, 2.24) is 10.2 Å². The highest BCUT2D eigenvalue weighted by Crippen LogP contribution is 2.31. The number of aryl methyl sites for hydroxylation is 2. The molecule has 3 rings (SSSR count). The first-order valence-corrected chi connectivity index (χ1v) is 15.1. The van der Waals surface area contributed by atoms with Crippen LogP contribution in [0.15, 0.2) is 77.7 Å². The second kappa shape index (κ2) is 12.9. The highest BCUT2D eigenvalue weighted by Gasteiger charge is 2.35. The minimum atomic E-state index is -4.18. The Labute approximate surface area is 243 Å². The van der Waals surface area contributed by atoms with E-state index in [4.69, 9.17) is 11.6 Å². The van der Waals surface area contributed by atoms with Crippen molar-refractivity contribution in [2.24, 2.45) is 0 Å². The Morgan fingerprint density at radius 2 is 1.57 bits per heavy atom. The molecule has 0 heterocycles. The lowest BCUT2D eigenvalue weighted by Gasteiger charge is -2.35. The van der Waals surface area contributed by atoms with Crippen molar-refractivity contribution in [2.75, 3.05) is 10.8 Å². The van der Waals surface area contributed by atoms with Gasteiger partial charge in [0.1, 0.15) is 12.6 Å². The van der Waals surface area contributed by atoms with Gasteiger partial charge in [0.25, 0.3) is 10.0 Å². The first-order chi connectivity index (χ1) is 18.7. The number of sulfonamides is 1. The summed E-state index contributed by atoms with van der Waals surface area (Å²) in [6, 6.07) is 19.8. The maximum atomic E-state index is 14.1. The lowest BCUT2D eigenvalue weighted by atomic mass is 10.0. The molecule has 9 heteroatoms. The van der Waals surface area contributed by atoms with Gasteiger partial charge < -0.3 is 10.2 Å². The monoisotopic (exact) mass is 583 g/mol. The molecular formula is C31H38ClN3O4S. The largest absolute Gasteiger partial charge is 0.350 e. The van der Waals surface area contributed by atoms with Gasteiger partial charge in [-0.15, -0.1) is 0 Å². The van der Waals surface area contributed by atoms with Crippen LogP contribution >= 0.6 is 11.6 Å². The molecule has 0 radical (unpaired) electrons. The van der Waals surface area contributed by atoms with Crippen LogP contribution in [0.1, 0.15) is 50.8 Å². The molecule has 1 N–H and O–H groups in total. The van der Waals surface area contributed by atoms with Crippen LogP contribution in [0.5, 0.6) is 0 Å². The summed E-state index contributed by atoms with van der Waals surface area (Å²) in [5, 5.41) is 3.16. The van der Waals surface area contributed by atoms with Gasteiger partial charge in [0, 0.05) is 12.1 Å². The number of para-hydroxylation sites is 1. The molecule has 0 saturated heterocycles. The van der Waals surface area contributed by atoms with E-state index in [2.05, 4.69) is 5.32 Å². The van der Waals surface area contributed by atoms with E-state index in [9.17, 15) is 18.0 Å². The Balaban J connectivity index is 2.09. The number of benzene rings is 3. The van der Waals surface area contributed by atoms with Gasteiger partial charge in [0.05, 0.1) is 15.6 Å². The summed E-state index contributed by atoms with van der Waals surface area (Å²) in [7, 11) is -4.18. The van der Waals surface area contributed by atoms with E-state index < -0.39 is 34.1 Å². The minimum absolute atomic E-state index is 0.0357. The molecule has 0 unspecified atom stereocenters. The van der Waals surface area contributed by atoms with Gasteiger partial charge >= 0.3 is 0 Å². The molecule has 7 nitrogen and oxygen atoms in total. The molecule has 40 heavy (non-hydrogen) atoms. The van der Waals surface area contributed by atoms with Crippen LogP contribution in [0.3, 0.4) is 0 Å².